The summed E-state index contributed by atoms with van der Waals surface area (Å²) in [6.45, 7) is 2.12. The van der Waals surface area contributed by atoms with Crippen LogP contribution in [0.5, 0.6) is 0 Å². The topological polar surface area (TPSA) is 65.1 Å². The molecule has 0 radical (unpaired) electrons. The largest absolute Gasteiger partial charge is 0.342 e. The molecule has 7 nitrogen and oxygen atoms in total. The lowest BCUT2D eigenvalue weighted by Gasteiger charge is -2.27. The van der Waals surface area contributed by atoms with Crippen LogP contribution in [0.4, 0.5) is 5.95 Å². The first-order chi connectivity index (χ1) is 12.6. The second kappa shape index (κ2) is 6.48. The Bertz CT molecular complexity index is 1060. The average Bonchev–Trinajstić information content (AvgIpc) is 3.02. The molecule has 1 fully saturated rings. The second-order valence-corrected chi connectivity index (χ2v) is 6.91. The molecule has 0 unspecified atom stereocenters. The first-order valence-electron chi connectivity index (χ1n) is 9.03. The number of imidazole rings is 1. The summed E-state index contributed by atoms with van der Waals surface area (Å²) in [6.07, 6.45) is 3.48. The van der Waals surface area contributed by atoms with Crippen LogP contribution in [0.25, 0.3) is 11.2 Å². The highest BCUT2D eigenvalue weighted by Crippen LogP contribution is 2.21. The summed E-state index contributed by atoms with van der Waals surface area (Å²) in [7, 11) is 3.54. The number of rotatable bonds is 3. The number of aromatic nitrogens is 4. The van der Waals surface area contributed by atoms with Crippen molar-refractivity contribution in [2.45, 2.75) is 25.8 Å². The molecule has 0 saturated carbocycles. The molecule has 2 aromatic heterocycles. The van der Waals surface area contributed by atoms with Gasteiger partial charge in [-0.3, -0.25) is 13.9 Å². The summed E-state index contributed by atoms with van der Waals surface area (Å²) < 4.78 is 4.61. The molecular weight excluding hydrogens is 330 g/mol. The van der Waals surface area contributed by atoms with Crippen molar-refractivity contribution in [3.8, 4) is 0 Å². The first-order valence-corrected chi connectivity index (χ1v) is 9.03. The highest BCUT2D eigenvalue weighted by Gasteiger charge is 2.22. The van der Waals surface area contributed by atoms with Crippen LogP contribution in [0.1, 0.15) is 24.8 Å². The van der Waals surface area contributed by atoms with Crippen molar-refractivity contribution in [1.82, 2.24) is 18.7 Å². The Labute approximate surface area is 151 Å². The zero-order chi connectivity index (χ0) is 18.3. The predicted octanol–water partition coefficient (Wildman–Crippen LogP) is 1.47. The van der Waals surface area contributed by atoms with E-state index >= 15 is 0 Å². The van der Waals surface area contributed by atoms with Crippen molar-refractivity contribution >= 4 is 17.1 Å². The van der Waals surface area contributed by atoms with Gasteiger partial charge < -0.3 is 9.47 Å². The van der Waals surface area contributed by atoms with Gasteiger partial charge in [0.2, 0.25) is 5.95 Å². The summed E-state index contributed by atoms with van der Waals surface area (Å²) in [5.41, 5.74) is 1.22. The van der Waals surface area contributed by atoms with Gasteiger partial charge in [0.1, 0.15) is 0 Å². The van der Waals surface area contributed by atoms with Crippen LogP contribution in [0.2, 0.25) is 0 Å². The Kier molecular flexibility index (Phi) is 4.14. The quantitative estimate of drug-likeness (QED) is 0.715. The molecule has 4 rings (SSSR count). The Hall–Kier alpha value is -2.83. The van der Waals surface area contributed by atoms with E-state index in [-0.39, 0.29) is 17.8 Å². The SMILES string of the molecule is Cn1c(N2CCCCC2)nc2c1c(=O)n(Cc1ccccc1)c(=O)n2C. The lowest BCUT2D eigenvalue weighted by Crippen LogP contribution is -2.39. The fourth-order valence-corrected chi connectivity index (χ4v) is 3.71. The molecule has 1 saturated heterocycles. The summed E-state index contributed by atoms with van der Waals surface area (Å²) in [4.78, 5) is 32.7. The summed E-state index contributed by atoms with van der Waals surface area (Å²) in [5, 5.41) is 0. The molecule has 7 heteroatoms. The number of benzene rings is 1. The molecule has 0 spiro atoms. The van der Waals surface area contributed by atoms with Gasteiger partial charge in [0.25, 0.3) is 5.56 Å². The summed E-state index contributed by atoms with van der Waals surface area (Å²) >= 11 is 0. The number of piperidine rings is 1. The smallest absolute Gasteiger partial charge is 0.332 e. The Morgan fingerprint density at radius 1 is 0.962 bits per heavy atom. The van der Waals surface area contributed by atoms with E-state index in [0.29, 0.717) is 11.2 Å². The van der Waals surface area contributed by atoms with Gasteiger partial charge in [0, 0.05) is 27.2 Å². The van der Waals surface area contributed by atoms with Crippen molar-refractivity contribution < 1.29 is 0 Å². The van der Waals surface area contributed by atoms with Gasteiger partial charge in [-0.15, -0.1) is 0 Å². The molecule has 0 aliphatic carbocycles. The molecule has 0 N–H and O–H groups in total. The van der Waals surface area contributed by atoms with E-state index in [4.69, 9.17) is 0 Å². The molecule has 26 heavy (non-hydrogen) atoms. The van der Waals surface area contributed by atoms with E-state index in [1.54, 1.807) is 7.05 Å². The van der Waals surface area contributed by atoms with E-state index in [9.17, 15) is 9.59 Å². The van der Waals surface area contributed by atoms with Crippen LogP contribution in [-0.2, 0) is 20.6 Å². The number of anilines is 1. The third kappa shape index (κ3) is 2.64. The highest BCUT2D eigenvalue weighted by atomic mass is 16.2. The highest BCUT2D eigenvalue weighted by molar-refractivity contribution is 5.74. The molecule has 1 aliphatic rings. The van der Waals surface area contributed by atoms with Crippen LogP contribution in [-0.4, -0.2) is 31.8 Å². The number of hydrogen-bond donors (Lipinski definition) is 0. The maximum Gasteiger partial charge on any atom is 0.332 e. The predicted molar refractivity (Wildman–Crippen MR) is 102 cm³/mol. The standard InChI is InChI=1S/C19H23N5O2/c1-21-15-16(20-18(21)23-11-7-4-8-12-23)22(2)19(26)24(17(15)25)13-14-9-5-3-6-10-14/h3,5-6,9-10H,4,7-8,11-13H2,1-2H3. The maximum absolute atomic E-state index is 13.1. The summed E-state index contributed by atoms with van der Waals surface area (Å²) in [6, 6.07) is 9.56. The van der Waals surface area contributed by atoms with E-state index < -0.39 is 0 Å². The Morgan fingerprint density at radius 2 is 1.65 bits per heavy atom. The lowest BCUT2D eigenvalue weighted by atomic mass is 10.1. The van der Waals surface area contributed by atoms with Gasteiger partial charge in [-0.1, -0.05) is 30.3 Å². The van der Waals surface area contributed by atoms with Crippen molar-refractivity contribution in [3.05, 3.63) is 56.7 Å². The van der Waals surface area contributed by atoms with Gasteiger partial charge in [-0.25, -0.2) is 4.79 Å². The Morgan fingerprint density at radius 3 is 2.35 bits per heavy atom. The molecule has 0 atom stereocenters. The van der Waals surface area contributed by atoms with E-state index in [0.717, 1.165) is 37.4 Å². The van der Waals surface area contributed by atoms with Crippen LogP contribution < -0.4 is 16.1 Å². The zero-order valence-electron chi connectivity index (χ0n) is 15.2. The molecule has 1 aromatic carbocycles. The summed E-state index contributed by atoms with van der Waals surface area (Å²) in [5.74, 6) is 0.768. The third-order valence-corrected chi connectivity index (χ3v) is 5.16. The minimum absolute atomic E-state index is 0.256. The van der Waals surface area contributed by atoms with Crippen molar-refractivity contribution in [3.63, 3.8) is 0 Å². The average molecular weight is 353 g/mol. The van der Waals surface area contributed by atoms with E-state index in [1.807, 2.05) is 41.9 Å². The normalized spacial score (nSPS) is 14.9. The van der Waals surface area contributed by atoms with Crippen molar-refractivity contribution in [1.29, 1.82) is 0 Å². The second-order valence-electron chi connectivity index (χ2n) is 6.91. The van der Waals surface area contributed by atoms with E-state index in [2.05, 4.69) is 9.88 Å². The third-order valence-electron chi connectivity index (χ3n) is 5.16. The van der Waals surface area contributed by atoms with Crippen molar-refractivity contribution in [2.24, 2.45) is 14.1 Å². The Balaban J connectivity index is 1.89. The van der Waals surface area contributed by atoms with Gasteiger partial charge >= 0.3 is 5.69 Å². The first kappa shape index (κ1) is 16.6. The van der Waals surface area contributed by atoms with Gasteiger partial charge in [-0.05, 0) is 24.8 Å². The minimum Gasteiger partial charge on any atom is -0.342 e. The molecule has 1 aliphatic heterocycles. The van der Waals surface area contributed by atoms with Crippen molar-refractivity contribution in [2.75, 3.05) is 18.0 Å². The number of aryl methyl sites for hydroxylation is 2. The van der Waals surface area contributed by atoms with Crippen LogP contribution in [0.3, 0.4) is 0 Å². The minimum atomic E-state index is -0.338. The lowest BCUT2D eigenvalue weighted by molar-refractivity contribution is 0.563. The number of nitrogens with zero attached hydrogens (tertiary/aromatic N) is 5. The molecular formula is C19H23N5O2. The van der Waals surface area contributed by atoms with Gasteiger partial charge in [-0.2, -0.15) is 4.98 Å². The maximum atomic E-state index is 13.1. The zero-order valence-corrected chi connectivity index (χ0v) is 15.2. The fourth-order valence-electron chi connectivity index (χ4n) is 3.71. The molecule has 3 aromatic rings. The molecule has 0 bridgehead atoms. The van der Waals surface area contributed by atoms with Crippen LogP contribution >= 0.6 is 0 Å². The molecule has 0 amide bonds. The number of hydrogen-bond acceptors (Lipinski definition) is 4. The van der Waals surface area contributed by atoms with Crippen LogP contribution in [0.15, 0.2) is 39.9 Å². The van der Waals surface area contributed by atoms with Gasteiger partial charge in [0.05, 0.1) is 6.54 Å². The van der Waals surface area contributed by atoms with Gasteiger partial charge in [0.15, 0.2) is 11.2 Å². The monoisotopic (exact) mass is 353 g/mol. The molecule has 3 heterocycles. The number of fused-ring (bicyclic) bond motifs is 1. The van der Waals surface area contributed by atoms with E-state index in [1.165, 1.54) is 15.6 Å². The fraction of sp³-hybridized carbons (Fsp3) is 0.421. The molecule has 136 valence electrons. The van der Waals surface area contributed by atoms with Crippen LogP contribution in [0, 0.1) is 0 Å².